The number of nitrogens with one attached hydrogen (secondary N) is 1. The summed E-state index contributed by atoms with van der Waals surface area (Å²) in [5.41, 5.74) is 2.62. The first-order valence-corrected chi connectivity index (χ1v) is 6.73. The van der Waals surface area contributed by atoms with Crippen molar-refractivity contribution < 1.29 is 0 Å². The van der Waals surface area contributed by atoms with Crippen LogP contribution in [0.2, 0.25) is 0 Å². The molecule has 0 spiro atoms. The van der Waals surface area contributed by atoms with E-state index in [0.29, 0.717) is 6.42 Å². The highest BCUT2D eigenvalue weighted by atomic mass is 32.1. The molecule has 3 heterocycles. The average molecular weight is 285 g/mol. The second-order valence-electron chi connectivity index (χ2n) is 4.07. The molecule has 3 aromatic rings. The van der Waals surface area contributed by atoms with Crippen LogP contribution >= 0.6 is 11.3 Å². The molecule has 0 aliphatic rings. The second kappa shape index (κ2) is 6.25. The maximum atomic E-state index is 11.3. The monoisotopic (exact) mass is 285 g/mol. The van der Waals surface area contributed by atoms with E-state index in [1.807, 2.05) is 23.6 Å². The van der Waals surface area contributed by atoms with Crippen molar-refractivity contribution in [2.24, 2.45) is 0 Å². The third-order valence-corrected chi connectivity index (χ3v) is 3.50. The van der Waals surface area contributed by atoms with Crippen LogP contribution in [-0.2, 0) is 6.42 Å². The molecule has 0 fully saturated rings. The zero-order valence-electron chi connectivity index (χ0n) is 10.0. The van der Waals surface area contributed by atoms with Gasteiger partial charge in [0.2, 0.25) is 0 Å². The van der Waals surface area contributed by atoms with E-state index in [1.54, 1.807) is 29.8 Å². The molecule has 4 nitrogen and oxygen atoms in total. The van der Waals surface area contributed by atoms with Crippen molar-refractivity contribution in [2.45, 2.75) is 13.8 Å². The van der Waals surface area contributed by atoms with Crippen LogP contribution in [-0.4, -0.2) is 15.0 Å². The van der Waals surface area contributed by atoms with E-state index in [9.17, 15) is 4.79 Å². The predicted molar refractivity (Wildman–Crippen MR) is 81.9 cm³/mol. The van der Waals surface area contributed by atoms with Crippen LogP contribution in [0.4, 0.5) is 0 Å². The smallest absolute Gasteiger partial charge is 0.181 e. The summed E-state index contributed by atoms with van der Waals surface area (Å²) < 4.78 is 0. The highest BCUT2D eigenvalue weighted by Gasteiger charge is 2.06. The molecule has 0 bridgehead atoms. The molecule has 0 atom stereocenters. The summed E-state index contributed by atoms with van der Waals surface area (Å²) in [4.78, 5) is 23.1. The van der Waals surface area contributed by atoms with Crippen molar-refractivity contribution in [3.63, 3.8) is 0 Å². The number of hydrogen-bond acceptors (Lipinski definition) is 4. The van der Waals surface area contributed by atoms with Gasteiger partial charge in [0.25, 0.3) is 0 Å². The van der Waals surface area contributed by atoms with Gasteiger partial charge >= 0.3 is 0 Å². The van der Waals surface area contributed by atoms with Crippen LogP contribution in [0.15, 0.2) is 52.9 Å². The summed E-state index contributed by atoms with van der Waals surface area (Å²) in [6.07, 6.45) is 4.04. The molecule has 3 rings (SSSR count). The number of nitrogens with zero attached hydrogens (tertiary/aromatic N) is 2. The summed E-state index contributed by atoms with van der Waals surface area (Å²) in [5, 5.41) is 2.95. The minimum atomic E-state index is 0. The lowest BCUT2D eigenvalue weighted by Gasteiger charge is -1.97. The van der Waals surface area contributed by atoms with Crippen LogP contribution in [0.1, 0.15) is 18.1 Å². The second-order valence-corrected chi connectivity index (χ2v) is 5.01. The maximum Gasteiger partial charge on any atom is 0.181 e. The fourth-order valence-corrected chi connectivity index (χ4v) is 2.59. The van der Waals surface area contributed by atoms with E-state index >= 15 is 0 Å². The van der Waals surface area contributed by atoms with Crippen LogP contribution in [0.5, 0.6) is 0 Å². The van der Waals surface area contributed by atoms with E-state index in [-0.39, 0.29) is 12.9 Å². The van der Waals surface area contributed by atoms with Gasteiger partial charge in [-0.15, -0.1) is 11.3 Å². The molecule has 5 heteroatoms. The Morgan fingerprint density at radius 1 is 1.20 bits per heavy atom. The number of rotatable bonds is 3. The first-order valence-electron chi connectivity index (χ1n) is 5.85. The molecule has 3 aromatic heterocycles. The van der Waals surface area contributed by atoms with Crippen molar-refractivity contribution in [1.82, 2.24) is 15.0 Å². The lowest BCUT2D eigenvalue weighted by Crippen LogP contribution is -2.01. The van der Waals surface area contributed by atoms with Crippen LogP contribution < -0.4 is 5.43 Å². The first kappa shape index (κ1) is 14.1. The standard InChI is InChI=1S/C14H11N3OS.CH4/c18-11-4-6-15-10(7-11)8-14-17-13(9-19-14)12-3-1-2-5-16-12;/h1-7,9H,8H2,(H,15,18);1H4. The van der Waals surface area contributed by atoms with Crippen molar-refractivity contribution in [3.05, 3.63) is 69.0 Å². The predicted octanol–water partition coefficient (Wildman–Crippen LogP) is 3.12. The summed E-state index contributed by atoms with van der Waals surface area (Å²) in [5.74, 6) is 0. The highest BCUT2D eigenvalue weighted by molar-refractivity contribution is 7.10. The van der Waals surface area contributed by atoms with Crippen molar-refractivity contribution in [2.75, 3.05) is 0 Å². The molecular formula is C15H15N3OS. The number of H-pyrrole nitrogens is 1. The van der Waals surface area contributed by atoms with Gasteiger partial charge in [0.15, 0.2) is 5.43 Å². The fourth-order valence-electron chi connectivity index (χ4n) is 1.78. The summed E-state index contributed by atoms with van der Waals surface area (Å²) in [6.45, 7) is 0. The molecule has 102 valence electrons. The molecule has 0 aliphatic carbocycles. The van der Waals surface area contributed by atoms with E-state index in [2.05, 4.69) is 15.0 Å². The van der Waals surface area contributed by atoms with Crippen molar-refractivity contribution >= 4 is 11.3 Å². The van der Waals surface area contributed by atoms with Gasteiger partial charge < -0.3 is 4.98 Å². The quantitative estimate of drug-likeness (QED) is 0.804. The van der Waals surface area contributed by atoms with Gasteiger partial charge in [-0.2, -0.15) is 0 Å². The Labute approximate surface area is 121 Å². The molecule has 0 amide bonds. The van der Waals surface area contributed by atoms with Crippen LogP contribution in [0.25, 0.3) is 11.4 Å². The first-order chi connectivity index (χ1) is 9.31. The number of pyridine rings is 2. The number of aromatic amines is 1. The molecule has 20 heavy (non-hydrogen) atoms. The third kappa shape index (κ3) is 3.19. The SMILES string of the molecule is C.O=c1cc[nH]c(Cc2nc(-c3ccccn3)cs2)c1. The van der Waals surface area contributed by atoms with Gasteiger partial charge in [0.1, 0.15) is 0 Å². The molecule has 0 saturated heterocycles. The molecule has 1 N–H and O–H groups in total. The van der Waals surface area contributed by atoms with Crippen LogP contribution in [0, 0.1) is 0 Å². The van der Waals surface area contributed by atoms with E-state index in [1.165, 1.54) is 6.07 Å². The molecule has 0 unspecified atom stereocenters. The Bertz CT molecular complexity index is 734. The van der Waals surface area contributed by atoms with Gasteiger partial charge in [0.05, 0.1) is 16.4 Å². The van der Waals surface area contributed by atoms with Crippen molar-refractivity contribution in [3.8, 4) is 11.4 Å². The maximum absolute atomic E-state index is 11.3. The van der Waals surface area contributed by atoms with Gasteiger partial charge in [-0.3, -0.25) is 9.78 Å². The minimum Gasteiger partial charge on any atom is -0.364 e. The Kier molecular flexibility index (Phi) is 4.42. The summed E-state index contributed by atoms with van der Waals surface area (Å²) >= 11 is 1.57. The normalized spacial score (nSPS) is 10.0. The Morgan fingerprint density at radius 3 is 2.85 bits per heavy atom. The van der Waals surface area contributed by atoms with Crippen molar-refractivity contribution in [1.29, 1.82) is 0 Å². The van der Waals surface area contributed by atoms with Crippen LogP contribution in [0.3, 0.4) is 0 Å². The lowest BCUT2D eigenvalue weighted by molar-refractivity contribution is 1.04. The number of thiazole rings is 1. The van der Waals surface area contributed by atoms with E-state index in [4.69, 9.17) is 0 Å². The Balaban J connectivity index is 0.00000147. The number of aromatic nitrogens is 3. The largest absolute Gasteiger partial charge is 0.364 e. The average Bonchev–Trinajstić information content (AvgIpc) is 2.88. The van der Waals surface area contributed by atoms with Gasteiger partial charge in [0, 0.05) is 42.0 Å². The molecule has 0 aromatic carbocycles. The molecule has 0 radical (unpaired) electrons. The number of hydrogen-bond donors (Lipinski definition) is 1. The summed E-state index contributed by atoms with van der Waals surface area (Å²) in [6, 6.07) is 8.86. The molecule has 0 saturated carbocycles. The third-order valence-electron chi connectivity index (χ3n) is 2.65. The van der Waals surface area contributed by atoms with Gasteiger partial charge in [-0.25, -0.2) is 4.98 Å². The van der Waals surface area contributed by atoms with Gasteiger partial charge in [-0.1, -0.05) is 13.5 Å². The highest BCUT2D eigenvalue weighted by Crippen LogP contribution is 2.20. The summed E-state index contributed by atoms with van der Waals surface area (Å²) in [7, 11) is 0. The Morgan fingerprint density at radius 2 is 2.10 bits per heavy atom. The Hall–Kier alpha value is -2.27. The fraction of sp³-hybridized carbons (Fsp3) is 0.133. The van der Waals surface area contributed by atoms with Gasteiger partial charge in [-0.05, 0) is 12.1 Å². The minimum absolute atomic E-state index is 0. The lowest BCUT2D eigenvalue weighted by atomic mass is 10.2. The molecule has 0 aliphatic heterocycles. The van der Waals surface area contributed by atoms with E-state index in [0.717, 1.165) is 22.1 Å². The van der Waals surface area contributed by atoms with E-state index < -0.39 is 0 Å². The topological polar surface area (TPSA) is 58.6 Å². The zero-order chi connectivity index (χ0) is 13.1. The zero-order valence-corrected chi connectivity index (χ0v) is 10.9. The molecular weight excluding hydrogens is 270 g/mol.